The number of alkyl halides is 2. The Morgan fingerprint density at radius 2 is 1.15 bits per heavy atom. The standard InChI is InChI=1S/C31H36F4O5/c1-3-28(36)38-19-11-7-5-9-13-23-15-17-25(18-16-23)40-31(34,35)30-26(32)21-24(22-27(30)33)14-10-6-8-12-20-39-29(37)4-2/h3-4,15-18,21-22H,1-2,5-14,19-20H2. The van der Waals surface area contributed by atoms with E-state index in [0.29, 0.717) is 25.9 Å². The molecule has 0 aliphatic rings. The first-order valence-electron chi connectivity index (χ1n) is 13.4. The molecule has 0 aromatic heterocycles. The lowest BCUT2D eigenvalue weighted by molar-refractivity contribution is -0.189. The van der Waals surface area contributed by atoms with Gasteiger partial charge in [-0.1, -0.05) is 51.0 Å². The van der Waals surface area contributed by atoms with Crippen molar-refractivity contribution in [1.29, 1.82) is 0 Å². The second kappa shape index (κ2) is 17.2. The zero-order chi connectivity index (χ0) is 29.4. The maximum absolute atomic E-state index is 14.7. The van der Waals surface area contributed by atoms with Gasteiger partial charge in [0.1, 0.15) is 22.9 Å². The Labute approximate surface area is 232 Å². The van der Waals surface area contributed by atoms with Crippen LogP contribution in [0.25, 0.3) is 0 Å². The van der Waals surface area contributed by atoms with Crippen LogP contribution < -0.4 is 4.74 Å². The van der Waals surface area contributed by atoms with Gasteiger partial charge in [-0.3, -0.25) is 0 Å². The third-order valence-electron chi connectivity index (χ3n) is 6.10. The van der Waals surface area contributed by atoms with Crippen molar-refractivity contribution >= 4 is 11.9 Å². The molecular formula is C31H36F4O5. The van der Waals surface area contributed by atoms with Gasteiger partial charge in [-0.05, 0) is 73.9 Å². The fraction of sp³-hybridized carbons (Fsp3) is 0.419. The number of carbonyl (C=O) groups excluding carboxylic acids is 2. The normalized spacial score (nSPS) is 11.1. The first kappa shape index (κ1) is 32.6. The van der Waals surface area contributed by atoms with Crippen molar-refractivity contribution in [3.05, 3.63) is 90.0 Å². The van der Waals surface area contributed by atoms with Crippen LogP contribution in [0.4, 0.5) is 17.6 Å². The number of rotatable bonds is 19. The van der Waals surface area contributed by atoms with Crippen molar-refractivity contribution < 1.29 is 41.4 Å². The fourth-order valence-electron chi connectivity index (χ4n) is 4.00. The van der Waals surface area contributed by atoms with Gasteiger partial charge in [0.25, 0.3) is 0 Å². The minimum absolute atomic E-state index is 0.209. The number of hydrogen-bond acceptors (Lipinski definition) is 5. The topological polar surface area (TPSA) is 61.8 Å². The molecule has 2 rings (SSSR count). The molecule has 218 valence electrons. The molecule has 0 saturated heterocycles. The Hall–Kier alpha value is -3.62. The van der Waals surface area contributed by atoms with Crippen LogP contribution in [0.2, 0.25) is 0 Å². The highest BCUT2D eigenvalue weighted by Gasteiger charge is 2.41. The van der Waals surface area contributed by atoms with Crippen molar-refractivity contribution in [1.82, 2.24) is 0 Å². The lowest BCUT2D eigenvalue weighted by Crippen LogP contribution is -2.25. The number of esters is 2. The van der Waals surface area contributed by atoms with Crippen LogP contribution in [-0.2, 0) is 38.0 Å². The van der Waals surface area contributed by atoms with Crippen molar-refractivity contribution in [2.45, 2.75) is 70.3 Å². The summed E-state index contributed by atoms with van der Waals surface area (Å²) in [6.45, 7) is 7.23. The third-order valence-corrected chi connectivity index (χ3v) is 6.10. The second-order valence-corrected chi connectivity index (χ2v) is 9.27. The van der Waals surface area contributed by atoms with Crippen LogP contribution in [0.5, 0.6) is 5.75 Å². The number of unbranched alkanes of at least 4 members (excludes halogenated alkanes) is 6. The molecule has 0 fully saturated rings. The lowest BCUT2D eigenvalue weighted by Gasteiger charge is -2.20. The van der Waals surface area contributed by atoms with E-state index >= 15 is 0 Å². The summed E-state index contributed by atoms with van der Waals surface area (Å²) in [6.07, 6.45) is 5.12. The average molecular weight is 565 g/mol. The Bertz CT molecular complexity index is 1090. The molecule has 0 amide bonds. The van der Waals surface area contributed by atoms with Gasteiger partial charge in [0, 0.05) is 12.2 Å². The molecule has 0 saturated carbocycles. The van der Waals surface area contributed by atoms with Gasteiger partial charge in [0.05, 0.1) is 13.2 Å². The molecule has 2 aromatic carbocycles. The van der Waals surface area contributed by atoms with E-state index in [2.05, 4.69) is 13.2 Å². The minimum Gasteiger partial charge on any atom is -0.463 e. The zero-order valence-corrected chi connectivity index (χ0v) is 22.6. The van der Waals surface area contributed by atoms with Crippen LogP contribution in [0.1, 0.15) is 68.1 Å². The molecule has 9 heteroatoms. The SMILES string of the molecule is C=CC(=O)OCCCCCCc1ccc(OC(F)(F)c2c(F)cc(CCCCCCOC(=O)C=C)cc2F)cc1. The minimum atomic E-state index is -4.20. The predicted molar refractivity (Wildman–Crippen MR) is 144 cm³/mol. The predicted octanol–water partition coefficient (Wildman–Crippen LogP) is 7.76. The fourth-order valence-corrected chi connectivity index (χ4v) is 4.00. The summed E-state index contributed by atoms with van der Waals surface area (Å²) in [5.41, 5.74) is -0.244. The summed E-state index contributed by atoms with van der Waals surface area (Å²) < 4.78 is 73.1. The van der Waals surface area contributed by atoms with E-state index < -0.39 is 35.2 Å². The Kier molecular flexibility index (Phi) is 14.0. The van der Waals surface area contributed by atoms with Crippen LogP contribution >= 0.6 is 0 Å². The van der Waals surface area contributed by atoms with Crippen LogP contribution in [0.3, 0.4) is 0 Å². The molecule has 0 aliphatic heterocycles. The van der Waals surface area contributed by atoms with Gasteiger partial charge in [0.2, 0.25) is 0 Å². The monoisotopic (exact) mass is 564 g/mol. The molecule has 0 heterocycles. The average Bonchev–Trinajstić information content (AvgIpc) is 2.91. The second-order valence-electron chi connectivity index (χ2n) is 9.27. The molecule has 0 atom stereocenters. The van der Waals surface area contributed by atoms with Crippen LogP contribution in [0.15, 0.2) is 61.7 Å². The molecule has 0 spiro atoms. The number of benzene rings is 2. The summed E-state index contributed by atoms with van der Waals surface area (Å²) in [4.78, 5) is 21.9. The van der Waals surface area contributed by atoms with E-state index in [-0.39, 0.29) is 17.9 Å². The van der Waals surface area contributed by atoms with Crippen molar-refractivity contribution in [2.24, 2.45) is 0 Å². The van der Waals surface area contributed by atoms with Gasteiger partial charge < -0.3 is 14.2 Å². The highest BCUT2D eigenvalue weighted by molar-refractivity contribution is 5.81. The van der Waals surface area contributed by atoms with Gasteiger partial charge in [-0.25, -0.2) is 18.4 Å². The summed E-state index contributed by atoms with van der Waals surface area (Å²) in [5.74, 6) is -3.88. The quantitative estimate of drug-likeness (QED) is 0.0756. The third kappa shape index (κ3) is 11.6. The Morgan fingerprint density at radius 3 is 1.62 bits per heavy atom. The smallest absolute Gasteiger partial charge is 0.432 e. The molecule has 0 radical (unpaired) electrons. The maximum atomic E-state index is 14.7. The van der Waals surface area contributed by atoms with E-state index in [4.69, 9.17) is 14.2 Å². The molecule has 0 N–H and O–H groups in total. The molecule has 40 heavy (non-hydrogen) atoms. The zero-order valence-electron chi connectivity index (χ0n) is 22.6. The van der Waals surface area contributed by atoms with Gasteiger partial charge in [0.15, 0.2) is 0 Å². The molecule has 0 unspecified atom stereocenters. The lowest BCUT2D eigenvalue weighted by atomic mass is 10.0. The Morgan fingerprint density at radius 1 is 0.700 bits per heavy atom. The summed E-state index contributed by atoms with van der Waals surface area (Å²) in [7, 11) is 0. The largest absolute Gasteiger partial charge is 0.463 e. The van der Waals surface area contributed by atoms with Crippen molar-refractivity contribution in [3.63, 3.8) is 0 Å². The number of hydrogen-bond donors (Lipinski definition) is 0. The maximum Gasteiger partial charge on any atom is 0.432 e. The highest BCUT2D eigenvalue weighted by Crippen LogP contribution is 2.35. The molecule has 0 bridgehead atoms. The van der Waals surface area contributed by atoms with Crippen LogP contribution in [0, 0.1) is 11.6 Å². The van der Waals surface area contributed by atoms with E-state index in [9.17, 15) is 27.2 Å². The molecule has 0 aliphatic carbocycles. The molecule has 2 aromatic rings. The van der Waals surface area contributed by atoms with E-state index in [1.165, 1.54) is 12.1 Å². The summed E-state index contributed by atoms with van der Waals surface area (Å²) in [6, 6.07) is 7.79. The first-order valence-corrected chi connectivity index (χ1v) is 13.4. The molecular weight excluding hydrogens is 528 g/mol. The Balaban J connectivity index is 1.80. The number of halogens is 4. The number of carbonyl (C=O) groups is 2. The van der Waals surface area contributed by atoms with E-state index in [1.54, 1.807) is 12.1 Å². The van der Waals surface area contributed by atoms with Gasteiger partial charge in [-0.2, -0.15) is 8.78 Å². The number of aryl methyl sites for hydroxylation is 2. The molecule has 5 nitrogen and oxygen atoms in total. The van der Waals surface area contributed by atoms with Crippen molar-refractivity contribution in [3.8, 4) is 5.75 Å². The van der Waals surface area contributed by atoms with Crippen LogP contribution in [-0.4, -0.2) is 25.2 Å². The number of ether oxygens (including phenoxy) is 3. The van der Waals surface area contributed by atoms with E-state index in [0.717, 1.165) is 74.8 Å². The summed E-state index contributed by atoms with van der Waals surface area (Å²) in [5, 5.41) is 0. The van der Waals surface area contributed by atoms with Crippen molar-refractivity contribution in [2.75, 3.05) is 13.2 Å². The van der Waals surface area contributed by atoms with Gasteiger partial charge in [-0.15, -0.1) is 0 Å². The summed E-state index contributed by atoms with van der Waals surface area (Å²) >= 11 is 0. The highest BCUT2D eigenvalue weighted by atomic mass is 19.3. The first-order chi connectivity index (χ1) is 19.2. The van der Waals surface area contributed by atoms with Gasteiger partial charge >= 0.3 is 18.0 Å². The van der Waals surface area contributed by atoms with E-state index in [1.807, 2.05) is 0 Å².